The zero-order chi connectivity index (χ0) is 9.36. The number of tetrazole rings is 1. The predicted molar refractivity (Wildman–Crippen MR) is 51.2 cm³/mol. The second kappa shape index (κ2) is 6.57. The summed E-state index contributed by atoms with van der Waals surface area (Å²) < 4.78 is 0. The van der Waals surface area contributed by atoms with Crippen molar-refractivity contribution in [3.8, 4) is 0 Å². The van der Waals surface area contributed by atoms with Crippen molar-refractivity contribution in [1.29, 1.82) is 0 Å². The van der Waals surface area contributed by atoms with Crippen molar-refractivity contribution in [2.75, 3.05) is 0 Å². The lowest BCUT2D eigenvalue weighted by Gasteiger charge is -1.99. The van der Waals surface area contributed by atoms with Crippen LogP contribution in [0.5, 0.6) is 0 Å². The van der Waals surface area contributed by atoms with Crippen LogP contribution in [-0.4, -0.2) is 20.2 Å². The van der Waals surface area contributed by atoms with Crippen LogP contribution in [0, 0.1) is 0 Å². The first-order valence-corrected chi connectivity index (χ1v) is 5.14. The highest BCUT2D eigenvalue weighted by molar-refractivity contribution is 4.45. The molecular weight excluding hydrogens is 164 g/mol. The van der Waals surface area contributed by atoms with E-state index in [2.05, 4.69) is 22.3 Å². The summed E-state index contributed by atoms with van der Waals surface area (Å²) in [4.78, 5) is 1.65. The molecule has 0 aliphatic rings. The highest BCUT2D eigenvalue weighted by atomic mass is 15.6. The van der Waals surface area contributed by atoms with Crippen molar-refractivity contribution >= 4 is 0 Å². The van der Waals surface area contributed by atoms with Crippen molar-refractivity contribution in [3.05, 3.63) is 6.33 Å². The second-order valence-electron chi connectivity index (χ2n) is 3.30. The first kappa shape index (κ1) is 10.2. The molecule has 0 radical (unpaired) electrons. The van der Waals surface area contributed by atoms with Crippen LogP contribution in [0.1, 0.15) is 45.4 Å². The molecule has 0 saturated carbocycles. The average molecular weight is 182 g/mol. The number of aromatic nitrogens is 4. The lowest BCUT2D eigenvalue weighted by atomic mass is 10.1. The summed E-state index contributed by atoms with van der Waals surface area (Å²) in [6.07, 6.45) is 9.30. The molecular formula is C9H18N4. The number of aryl methyl sites for hydroxylation is 1. The highest BCUT2D eigenvalue weighted by Crippen LogP contribution is 2.05. The molecule has 0 saturated heterocycles. The smallest absolute Gasteiger partial charge is 0.162 e. The molecule has 0 aliphatic heterocycles. The monoisotopic (exact) mass is 182 g/mol. The van der Waals surface area contributed by atoms with Gasteiger partial charge in [-0.05, 0) is 11.6 Å². The fourth-order valence-corrected chi connectivity index (χ4v) is 1.32. The molecule has 0 aliphatic carbocycles. The molecule has 74 valence electrons. The van der Waals surface area contributed by atoms with Crippen LogP contribution in [0.25, 0.3) is 0 Å². The van der Waals surface area contributed by atoms with Crippen LogP contribution in [0.15, 0.2) is 6.33 Å². The molecule has 0 aromatic carbocycles. The fraction of sp³-hybridized carbons (Fsp3) is 0.889. The molecule has 4 nitrogen and oxygen atoms in total. The molecule has 0 unspecified atom stereocenters. The van der Waals surface area contributed by atoms with E-state index >= 15 is 0 Å². The van der Waals surface area contributed by atoms with E-state index < -0.39 is 0 Å². The van der Waals surface area contributed by atoms with Crippen LogP contribution < -0.4 is 0 Å². The van der Waals surface area contributed by atoms with Gasteiger partial charge >= 0.3 is 0 Å². The van der Waals surface area contributed by atoms with Crippen LogP contribution in [0.4, 0.5) is 0 Å². The van der Waals surface area contributed by atoms with Gasteiger partial charge in [0.15, 0.2) is 6.33 Å². The van der Waals surface area contributed by atoms with Crippen LogP contribution in [0.3, 0.4) is 0 Å². The zero-order valence-electron chi connectivity index (χ0n) is 8.32. The summed E-state index contributed by atoms with van der Waals surface area (Å²) in [5, 5.41) is 11.4. The predicted octanol–water partition coefficient (Wildman–Crippen LogP) is 2.03. The van der Waals surface area contributed by atoms with E-state index in [9.17, 15) is 0 Å². The molecule has 4 heteroatoms. The molecule has 0 spiro atoms. The normalized spacial score (nSPS) is 10.5. The van der Waals surface area contributed by atoms with E-state index in [0.717, 1.165) is 6.54 Å². The molecule has 0 atom stereocenters. The van der Waals surface area contributed by atoms with Gasteiger partial charge in [0.1, 0.15) is 0 Å². The molecule has 0 N–H and O–H groups in total. The number of hydrogen-bond donors (Lipinski definition) is 0. The molecule has 0 bridgehead atoms. The van der Waals surface area contributed by atoms with Gasteiger partial charge in [0.25, 0.3) is 0 Å². The second-order valence-corrected chi connectivity index (χ2v) is 3.30. The third-order valence-electron chi connectivity index (χ3n) is 2.10. The highest BCUT2D eigenvalue weighted by Gasteiger charge is 1.93. The molecule has 13 heavy (non-hydrogen) atoms. The molecule has 1 aromatic rings. The Morgan fingerprint density at radius 2 is 1.85 bits per heavy atom. The third kappa shape index (κ3) is 4.60. The van der Waals surface area contributed by atoms with Crippen LogP contribution in [0.2, 0.25) is 0 Å². The van der Waals surface area contributed by atoms with Gasteiger partial charge in [-0.2, -0.15) is 4.80 Å². The molecule has 1 heterocycles. The van der Waals surface area contributed by atoms with Crippen molar-refractivity contribution < 1.29 is 0 Å². The van der Waals surface area contributed by atoms with Crippen LogP contribution >= 0.6 is 0 Å². The minimum Gasteiger partial charge on any atom is -0.164 e. The van der Waals surface area contributed by atoms with Crippen molar-refractivity contribution in [3.63, 3.8) is 0 Å². The zero-order valence-corrected chi connectivity index (χ0v) is 8.32. The van der Waals surface area contributed by atoms with Crippen molar-refractivity contribution in [1.82, 2.24) is 20.2 Å². The number of unbranched alkanes of at least 4 members (excludes halogenated alkanes) is 5. The van der Waals surface area contributed by atoms with E-state index in [1.165, 1.54) is 44.9 Å². The summed E-state index contributed by atoms with van der Waals surface area (Å²) in [5.41, 5.74) is 0. The minimum atomic E-state index is 0.909. The van der Waals surface area contributed by atoms with Gasteiger partial charge in [-0.25, -0.2) is 0 Å². The molecule has 0 amide bonds. The Labute approximate surface area is 79.3 Å². The van der Waals surface area contributed by atoms with Gasteiger partial charge in [-0.1, -0.05) is 39.0 Å². The SMILES string of the molecule is CCCCCCCCn1ncnn1. The maximum absolute atomic E-state index is 3.94. The summed E-state index contributed by atoms with van der Waals surface area (Å²) in [6, 6.07) is 0. The summed E-state index contributed by atoms with van der Waals surface area (Å²) >= 11 is 0. The summed E-state index contributed by atoms with van der Waals surface area (Å²) in [5.74, 6) is 0. The first-order chi connectivity index (χ1) is 6.43. The Morgan fingerprint density at radius 3 is 2.54 bits per heavy atom. The van der Waals surface area contributed by atoms with E-state index in [1.807, 2.05) is 0 Å². The number of hydrogen-bond acceptors (Lipinski definition) is 3. The topological polar surface area (TPSA) is 43.6 Å². The van der Waals surface area contributed by atoms with Crippen molar-refractivity contribution in [2.45, 2.75) is 52.0 Å². The van der Waals surface area contributed by atoms with Gasteiger partial charge in [0.05, 0.1) is 6.54 Å². The van der Waals surface area contributed by atoms with Gasteiger partial charge in [0, 0.05) is 0 Å². The van der Waals surface area contributed by atoms with Crippen LogP contribution in [-0.2, 0) is 6.54 Å². The summed E-state index contributed by atoms with van der Waals surface area (Å²) in [7, 11) is 0. The Balaban J connectivity index is 1.90. The molecule has 1 rings (SSSR count). The Kier molecular flexibility index (Phi) is 5.13. The maximum Gasteiger partial charge on any atom is 0.162 e. The van der Waals surface area contributed by atoms with E-state index in [1.54, 1.807) is 4.80 Å². The lowest BCUT2D eigenvalue weighted by Crippen LogP contribution is -2.02. The lowest BCUT2D eigenvalue weighted by molar-refractivity contribution is 0.474. The van der Waals surface area contributed by atoms with E-state index in [0.29, 0.717) is 0 Å². The van der Waals surface area contributed by atoms with Gasteiger partial charge in [-0.15, -0.1) is 10.2 Å². The van der Waals surface area contributed by atoms with Gasteiger partial charge < -0.3 is 0 Å². The average Bonchev–Trinajstić information content (AvgIpc) is 2.63. The molecule has 0 fully saturated rings. The third-order valence-corrected chi connectivity index (χ3v) is 2.10. The fourth-order valence-electron chi connectivity index (χ4n) is 1.32. The quantitative estimate of drug-likeness (QED) is 0.606. The Morgan fingerprint density at radius 1 is 1.08 bits per heavy atom. The number of nitrogens with zero attached hydrogens (tertiary/aromatic N) is 4. The number of rotatable bonds is 7. The van der Waals surface area contributed by atoms with Gasteiger partial charge in [-0.3, -0.25) is 0 Å². The largest absolute Gasteiger partial charge is 0.164 e. The Hall–Kier alpha value is -0.930. The summed E-state index contributed by atoms with van der Waals surface area (Å²) in [6.45, 7) is 3.14. The van der Waals surface area contributed by atoms with Crippen molar-refractivity contribution in [2.24, 2.45) is 0 Å². The molecule has 1 aromatic heterocycles. The van der Waals surface area contributed by atoms with Gasteiger partial charge in [0.2, 0.25) is 0 Å². The maximum atomic E-state index is 3.94. The standard InChI is InChI=1S/C9H18N4/c1-2-3-4-5-6-7-8-13-11-9-10-12-13/h9H,2-8H2,1H3. The minimum absolute atomic E-state index is 0.909. The Bertz CT molecular complexity index is 195. The van der Waals surface area contributed by atoms with E-state index in [4.69, 9.17) is 0 Å². The van der Waals surface area contributed by atoms with E-state index in [-0.39, 0.29) is 0 Å². The first-order valence-electron chi connectivity index (χ1n) is 5.14.